The van der Waals surface area contributed by atoms with Crippen molar-refractivity contribution < 1.29 is 28.9 Å². The molecule has 2 aromatic carbocycles. The van der Waals surface area contributed by atoms with Crippen LogP contribution in [0.4, 0.5) is 4.39 Å². The Morgan fingerprint density at radius 1 is 1.10 bits per heavy atom. The van der Waals surface area contributed by atoms with E-state index in [0.29, 0.717) is 31.0 Å². The lowest BCUT2D eigenvalue weighted by atomic mass is 9.95. The molecule has 7 nitrogen and oxygen atoms in total. The van der Waals surface area contributed by atoms with Crippen LogP contribution in [0.2, 0.25) is 0 Å². The maximum atomic E-state index is 13.3. The van der Waals surface area contributed by atoms with Crippen molar-refractivity contribution in [3.8, 4) is 5.75 Å². The number of ketones is 1. The minimum atomic E-state index is -0.809. The third-order valence-electron chi connectivity index (χ3n) is 4.98. The molecule has 1 heterocycles. The number of aliphatic hydroxyl groups is 2. The molecule has 1 atom stereocenters. The maximum absolute atomic E-state index is 13.3. The summed E-state index contributed by atoms with van der Waals surface area (Å²) in [7, 11) is 0. The number of likely N-dealkylation sites (tertiary alicyclic amines) is 1. The molecule has 1 aliphatic heterocycles. The van der Waals surface area contributed by atoms with Crippen molar-refractivity contribution in [3.05, 3.63) is 71.0 Å². The van der Waals surface area contributed by atoms with Gasteiger partial charge in [0.05, 0.1) is 24.8 Å². The van der Waals surface area contributed by atoms with Gasteiger partial charge in [-0.1, -0.05) is 12.1 Å². The van der Waals surface area contributed by atoms with Gasteiger partial charge in [0.2, 0.25) is 0 Å². The summed E-state index contributed by atoms with van der Waals surface area (Å²) in [5.41, 5.74) is 0.824. The number of amides is 1. The molecule has 0 bridgehead atoms. The zero-order valence-corrected chi connectivity index (χ0v) is 17.2. The van der Waals surface area contributed by atoms with Crippen LogP contribution in [0, 0.1) is 5.82 Å². The van der Waals surface area contributed by atoms with Crippen molar-refractivity contribution >= 4 is 17.4 Å². The Morgan fingerprint density at radius 2 is 1.77 bits per heavy atom. The van der Waals surface area contributed by atoms with Crippen LogP contribution in [0.3, 0.4) is 0 Å². The number of ether oxygens (including phenoxy) is 1. The molecule has 3 rings (SSSR count). The van der Waals surface area contributed by atoms with E-state index in [4.69, 9.17) is 9.84 Å². The highest BCUT2D eigenvalue weighted by Crippen LogP contribution is 2.39. The predicted octanol–water partition coefficient (Wildman–Crippen LogP) is 2.23. The second-order valence-electron chi connectivity index (χ2n) is 6.98. The number of nitrogens with zero attached hydrogens (tertiary/aromatic N) is 1. The lowest BCUT2D eigenvalue weighted by Crippen LogP contribution is -2.36. The van der Waals surface area contributed by atoms with Crippen LogP contribution in [0.25, 0.3) is 5.76 Å². The number of benzene rings is 2. The van der Waals surface area contributed by atoms with Crippen molar-refractivity contribution in [2.45, 2.75) is 13.0 Å². The number of hydrogen-bond acceptors (Lipinski definition) is 6. The predicted molar refractivity (Wildman–Crippen MR) is 113 cm³/mol. The smallest absolute Gasteiger partial charge is 0.295 e. The Hall–Kier alpha value is -3.23. The lowest BCUT2D eigenvalue weighted by Gasteiger charge is -2.25. The van der Waals surface area contributed by atoms with Crippen LogP contribution in [0.5, 0.6) is 5.75 Å². The minimum absolute atomic E-state index is 0.0499. The van der Waals surface area contributed by atoms with Gasteiger partial charge in [0.25, 0.3) is 11.7 Å². The van der Waals surface area contributed by atoms with Gasteiger partial charge in [-0.05, 0) is 48.9 Å². The number of carbonyl (C=O) groups excluding carboxylic acids is 2. The first-order valence-electron chi connectivity index (χ1n) is 10.1. The third kappa shape index (κ3) is 4.92. The number of Topliss-reactive ketones (excluding diaryl/α,β-unsaturated/α-hetero) is 1. The largest absolute Gasteiger partial charge is 0.507 e. The summed E-state index contributed by atoms with van der Waals surface area (Å²) < 4.78 is 18.8. The van der Waals surface area contributed by atoms with E-state index < -0.39 is 23.5 Å². The number of nitrogens with one attached hydrogen (secondary N) is 1. The van der Waals surface area contributed by atoms with Crippen molar-refractivity contribution in [1.29, 1.82) is 0 Å². The molecule has 0 unspecified atom stereocenters. The molecule has 1 fully saturated rings. The Labute approximate surface area is 179 Å². The normalized spacial score (nSPS) is 17.9. The van der Waals surface area contributed by atoms with Crippen molar-refractivity contribution in [2.75, 3.05) is 32.8 Å². The molecule has 2 aromatic rings. The van der Waals surface area contributed by atoms with Gasteiger partial charge < -0.3 is 25.2 Å². The fraction of sp³-hybridized carbons (Fsp3) is 0.304. The SMILES string of the molecule is CCOc1ccc([C@H]2C(=C(O)c3ccc(F)cc3)C(=O)C(=O)N2CCNCCO)cc1. The highest BCUT2D eigenvalue weighted by Gasteiger charge is 2.45. The van der Waals surface area contributed by atoms with Gasteiger partial charge in [0.15, 0.2) is 0 Å². The van der Waals surface area contributed by atoms with Gasteiger partial charge in [-0.3, -0.25) is 9.59 Å². The highest BCUT2D eigenvalue weighted by atomic mass is 19.1. The van der Waals surface area contributed by atoms with E-state index >= 15 is 0 Å². The first-order valence-corrected chi connectivity index (χ1v) is 10.1. The summed E-state index contributed by atoms with van der Waals surface area (Å²) in [6.45, 7) is 3.23. The number of carbonyl (C=O) groups is 2. The second kappa shape index (κ2) is 10.2. The fourth-order valence-electron chi connectivity index (χ4n) is 3.54. The topological polar surface area (TPSA) is 99.1 Å². The maximum Gasteiger partial charge on any atom is 0.295 e. The average Bonchev–Trinajstić information content (AvgIpc) is 3.02. The molecular weight excluding hydrogens is 403 g/mol. The molecule has 0 saturated carbocycles. The van der Waals surface area contributed by atoms with Gasteiger partial charge in [0.1, 0.15) is 17.3 Å². The molecule has 0 aliphatic carbocycles. The van der Waals surface area contributed by atoms with Crippen LogP contribution in [-0.2, 0) is 9.59 Å². The minimum Gasteiger partial charge on any atom is -0.507 e. The quantitative estimate of drug-likeness (QED) is 0.245. The molecule has 0 spiro atoms. The Bertz CT molecular complexity index is 957. The van der Waals surface area contributed by atoms with Crippen LogP contribution in [0.15, 0.2) is 54.1 Å². The first-order chi connectivity index (χ1) is 15.0. The van der Waals surface area contributed by atoms with E-state index in [0.717, 1.165) is 0 Å². The zero-order chi connectivity index (χ0) is 22.4. The molecule has 0 aromatic heterocycles. The molecular formula is C23H25FN2O5. The van der Waals surface area contributed by atoms with E-state index in [1.54, 1.807) is 24.3 Å². The number of aliphatic hydroxyl groups excluding tert-OH is 2. The zero-order valence-electron chi connectivity index (χ0n) is 17.2. The molecule has 1 saturated heterocycles. The first kappa shape index (κ1) is 22.5. The highest BCUT2D eigenvalue weighted by molar-refractivity contribution is 6.46. The lowest BCUT2D eigenvalue weighted by molar-refractivity contribution is -0.139. The van der Waals surface area contributed by atoms with Gasteiger partial charge in [-0.15, -0.1) is 0 Å². The second-order valence-corrected chi connectivity index (χ2v) is 6.98. The molecule has 164 valence electrons. The van der Waals surface area contributed by atoms with E-state index in [2.05, 4.69) is 5.32 Å². The molecule has 1 aliphatic rings. The summed E-state index contributed by atoms with van der Waals surface area (Å²) in [6.07, 6.45) is 0. The molecule has 8 heteroatoms. The van der Waals surface area contributed by atoms with E-state index in [9.17, 15) is 19.1 Å². The van der Waals surface area contributed by atoms with Gasteiger partial charge in [-0.25, -0.2) is 4.39 Å². The molecule has 3 N–H and O–H groups in total. The molecule has 1 amide bonds. The van der Waals surface area contributed by atoms with Crippen molar-refractivity contribution in [3.63, 3.8) is 0 Å². The Morgan fingerprint density at radius 3 is 2.39 bits per heavy atom. The number of hydrogen-bond donors (Lipinski definition) is 3. The Balaban J connectivity index is 2.03. The summed E-state index contributed by atoms with van der Waals surface area (Å²) in [5, 5.41) is 22.8. The van der Waals surface area contributed by atoms with E-state index in [1.165, 1.54) is 29.2 Å². The van der Waals surface area contributed by atoms with Crippen molar-refractivity contribution in [2.24, 2.45) is 0 Å². The fourth-order valence-corrected chi connectivity index (χ4v) is 3.54. The standard InChI is InChI=1S/C23H25FN2O5/c1-2-31-18-9-5-15(6-10-18)20-19(21(28)16-3-7-17(24)8-4-16)22(29)23(30)26(20)13-11-25-12-14-27/h3-10,20,25,27-28H,2,11-14H2,1H3/t20-/m0/s1. The third-order valence-corrected chi connectivity index (χ3v) is 4.98. The summed E-state index contributed by atoms with van der Waals surface area (Å²) in [5.74, 6) is -1.72. The Kier molecular flexibility index (Phi) is 7.38. The van der Waals surface area contributed by atoms with Crippen LogP contribution in [-0.4, -0.2) is 59.7 Å². The number of rotatable bonds is 9. The van der Waals surface area contributed by atoms with Gasteiger partial charge in [-0.2, -0.15) is 0 Å². The summed E-state index contributed by atoms with van der Waals surface area (Å²) in [4.78, 5) is 27.0. The summed E-state index contributed by atoms with van der Waals surface area (Å²) in [6, 6.07) is 11.2. The number of halogens is 1. The van der Waals surface area contributed by atoms with Crippen LogP contribution < -0.4 is 10.1 Å². The van der Waals surface area contributed by atoms with Gasteiger partial charge >= 0.3 is 0 Å². The monoisotopic (exact) mass is 428 g/mol. The van der Waals surface area contributed by atoms with E-state index in [-0.39, 0.29) is 30.0 Å². The van der Waals surface area contributed by atoms with Gasteiger partial charge in [0, 0.05) is 25.2 Å². The van der Waals surface area contributed by atoms with Crippen LogP contribution in [0.1, 0.15) is 24.1 Å². The van der Waals surface area contributed by atoms with Crippen LogP contribution >= 0.6 is 0 Å². The molecule has 31 heavy (non-hydrogen) atoms. The molecule has 0 radical (unpaired) electrons. The van der Waals surface area contributed by atoms with E-state index in [1.807, 2.05) is 6.92 Å². The van der Waals surface area contributed by atoms with Crippen molar-refractivity contribution in [1.82, 2.24) is 10.2 Å². The summed E-state index contributed by atoms with van der Waals surface area (Å²) >= 11 is 0. The average molecular weight is 428 g/mol.